The number of amides is 6. The average molecular weight is 918 g/mol. The fraction of sp³-hybridized carbons (Fsp3) is 0.333. The number of anilines is 3. The monoisotopic (exact) mass is 917 g/mol. The molecule has 0 aliphatic carbocycles. The predicted molar refractivity (Wildman–Crippen MR) is 238 cm³/mol. The van der Waals surface area contributed by atoms with Crippen molar-refractivity contribution in [3.8, 4) is 22.9 Å². The summed E-state index contributed by atoms with van der Waals surface area (Å²) in [7, 11) is 0. The third-order valence-corrected chi connectivity index (χ3v) is 13.4. The summed E-state index contributed by atoms with van der Waals surface area (Å²) in [6.07, 6.45) is -2.97. The number of ether oxygens (including phenoxy) is 1. The van der Waals surface area contributed by atoms with Gasteiger partial charge in [-0.05, 0) is 117 Å². The van der Waals surface area contributed by atoms with Crippen LogP contribution in [-0.2, 0) is 25.4 Å². The fourth-order valence-electron chi connectivity index (χ4n) is 9.50. The molecule has 0 spiro atoms. The van der Waals surface area contributed by atoms with Crippen molar-refractivity contribution in [3.05, 3.63) is 107 Å². The van der Waals surface area contributed by atoms with E-state index >= 15 is 0 Å². The molecule has 0 saturated carbocycles. The minimum Gasteiger partial charge on any atom is -0.489 e. The number of fused-ring (bicyclic) bond motifs is 1. The molecule has 4 fully saturated rings. The molecule has 5 heterocycles. The highest BCUT2D eigenvalue weighted by molar-refractivity contribution is 7.81. The van der Waals surface area contributed by atoms with E-state index in [2.05, 4.69) is 10.2 Å². The predicted octanol–water partition coefficient (Wildman–Crippen LogP) is 6.46. The Morgan fingerprint density at radius 1 is 0.803 bits per heavy atom. The number of hydrogen-bond acceptors (Lipinski definition) is 10. The highest BCUT2D eigenvalue weighted by atomic mass is 32.1. The van der Waals surface area contributed by atoms with Gasteiger partial charge in [0.25, 0.3) is 17.7 Å². The lowest BCUT2D eigenvalue weighted by molar-refractivity contribution is -0.138. The van der Waals surface area contributed by atoms with E-state index in [1.54, 1.807) is 55.1 Å². The Balaban J connectivity index is 0.777. The molecule has 6 amide bonds. The van der Waals surface area contributed by atoms with Crippen LogP contribution in [0.2, 0.25) is 0 Å². The number of benzene rings is 4. The number of hydrogen-bond donors (Lipinski definition) is 1. The van der Waals surface area contributed by atoms with E-state index in [0.29, 0.717) is 56.9 Å². The molecular weight excluding hydrogens is 876 g/mol. The van der Waals surface area contributed by atoms with Gasteiger partial charge in [-0.3, -0.25) is 43.9 Å². The largest absolute Gasteiger partial charge is 0.489 e. The van der Waals surface area contributed by atoms with Gasteiger partial charge in [0.05, 0.1) is 40.6 Å². The van der Waals surface area contributed by atoms with Crippen LogP contribution in [-0.4, -0.2) is 94.2 Å². The van der Waals surface area contributed by atoms with Gasteiger partial charge in [-0.15, -0.1) is 0 Å². The molecule has 1 N–H and O–H groups in total. The van der Waals surface area contributed by atoms with Gasteiger partial charge >= 0.3 is 6.18 Å². The lowest BCUT2D eigenvalue weighted by atomic mass is 9.94. The van der Waals surface area contributed by atoms with Crippen molar-refractivity contribution in [3.63, 3.8) is 0 Å². The number of carbonyl (C=O) groups is 6. The van der Waals surface area contributed by atoms with Crippen LogP contribution in [0, 0.1) is 17.2 Å². The zero-order valence-corrected chi connectivity index (χ0v) is 36.6. The average Bonchev–Trinajstić information content (AvgIpc) is 3.92. The molecule has 4 aromatic carbocycles. The molecule has 0 bridgehead atoms. The molecule has 4 aromatic rings. The van der Waals surface area contributed by atoms with Crippen molar-refractivity contribution < 1.29 is 46.7 Å². The van der Waals surface area contributed by atoms with Crippen molar-refractivity contribution >= 4 is 69.8 Å². The zero-order valence-electron chi connectivity index (χ0n) is 35.8. The van der Waals surface area contributed by atoms with Gasteiger partial charge in [-0.1, -0.05) is 24.3 Å². The minimum atomic E-state index is -4.80. The summed E-state index contributed by atoms with van der Waals surface area (Å²) in [6, 6.07) is 23.5. The molecule has 66 heavy (non-hydrogen) atoms. The van der Waals surface area contributed by atoms with Crippen LogP contribution in [0.1, 0.15) is 77.8 Å². The van der Waals surface area contributed by atoms with Crippen LogP contribution in [0.4, 0.5) is 30.2 Å². The Kier molecular flexibility index (Phi) is 11.2. The SMILES string of the molecule is CC1(C)C(=O)N(c2ccc(C#N)c(C(F)(F)F)c2)C(=S)N1c1ccc(-c2ccc(O[C@@H]3CCN(C(=O)C4CCN(c5ccc6c(c5)C(=O)N(C5CCC(=O)NC5=O)C6=O)CC4)C3)cc2)cc1. The first kappa shape index (κ1) is 44.1. The molecular formula is C48H42F3N7O7S. The second kappa shape index (κ2) is 16.7. The summed E-state index contributed by atoms with van der Waals surface area (Å²) in [5.74, 6) is -2.17. The summed E-state index contributed by atoms with van der Waals surface area (Å²) < 4.78 is 47.6. The van der Waals surface area contributed by atoms with Gasteiger partial charge in [0, 0.05) is 49.8 Å². The molecule has 1 unspecified atom stereocenters. The number of rotatable bonds is 8. The van der Waals surface area contributed by atoms with Crippen molar-refractivity contribution in [1.29, 1.82) is 5.26 Å². The van der Waals surface area contributed by atoms with Crippen LogP contribution in [0.5, 0.6) is 5.75 Å². The maximum Gasteiger partial charge on any atom is 0.417 e. The molecule has 2 atom stereocenters. The van der Waals surface area contributed by atoms with E-state index in [4.69, 9.17) is 17.0 Å². The molecule has 14 nitrogen and oxygen atoms in total. The van der Waals surface area contributed by atoms with Gasteiger partial charge in [-0.2, -0.15) is 18.4 Å². The number of nitriles is 1. The number of likely N-dealkylation sites (tertiary alicyclic amines) is 1. The molecule has 18 heteroatoms. The molecule has 9 rings (SSSR count). The molecule has 0 radical (unpaired) electrons. The van der Waals surface area contributed by atoms with E-state index in [1.807, 2.05) is 41.3 Å². The summed E-state index contributed by atoms with van der Waals surface area (Å²) >= 11 is 5.68. The highest BCUT2D eigenvalue weighted by Gasteiger charge is 2.51. The quantitative estimate of drug-likeness (QED) is 0.153. The Labute approximate surface area is 382 Å². The maximum absolute atomic E-state index is 13.8. The summed E-state index contributed by atoms with van der Waals surface area (Å²) in [5, 5.41) is 11.4. The highest BCUT2D eigenvalue weighted by Crippen LogP contribution is 2.41. The van der Waals surface area contributed by atoms with Crippen molar-refractivity contribution in [2.45, 2.75) is 69.8 Å². The van der Waals surface area contributed by atoms with E-state index in [1.165, 1.54) is 6.07 Å². The van der Waals surface area contributed by atoms with Crippen molar-refractivity contribution in [1.82, 2.24) is 15.1 Å². The second-order valence-corrected chi connectivity index (χ2v) is 17.8. The molecule has 5 aliphatic heterocycles. The van der Waals surface area contributed by atoms with Crippen LogP contribution in [0.25, 0.3) is 11.1 Å². The Morgan fingerprint density at radius 3 is 2.09 bits per heavy atom. The van der Waals surface area contributed by atoms with E-state index < -0.39 is 58.4 Å². The smallest absolute Gasteiger partial charge is 0.417 e. The number of thiocarbonyl (C=S) groups is 1. The van der Waals surface area contributed by atoms with Crippen LogP contribution in [0.15, 0.2) is 84.9 Å². The first-order chi connectivity index (χ1) is 31.4. The third-order valence-electron chi connectivity index (χ3n) is 13.1. The third kappa shape index (κ3) is 7.80. The summed E-state index contributed by atoms with van der Waals surface area (Å²) in [4.78, 5) is 85.5. The van der Waals surface area contributed by atoms with E-state index in [9.17, 15) is 47.2 Å². The van der Waals surface area contributed by atoms with Gasteiger partial charge < -0.3 is 19.4 Å². The van der Waals surface area contributed by atoms with Crippen LogP contribution < -0.4 is 24.8 Å². The fourth-order valence-corrected chi connectivity index (χ4v) is 10.0. The lowest BCUT2D eigenvalue weighted by Gasteiger charge is -2.34. The van der Waals surface area contributed by atoms with Crippen LogP contribution in [0.3, 0.4) is 0 Å². The minimum absolute atomic E-state index is 0.00407. The normalized spacial score (nSPS) is 21.1. The number of nitrogens with zero attached hydrogens (tertiary/aromatic N) is 6. The van der Waals surface area contributed by atoms with Gasteiger partial charge in [0.1, 0.15) is 23.4 Å². The summed E-state index contributed by atoms with van der Waals surface area (Å²) in [5.41, 5.74) is 0.477. The molecule has 338 valence electrons. The number of imide groups is 2. The Hall–Kier alpha value is -7.13. The van der Waals surface area contributed by atoms with Crippen molar-refractivity contribution in [2.75, 3.05) is 40.9 Å². The van der Waals surface area contributed by atoms with Gasteiger partial charge in [0.2, 0.25) is 17.7 Å². The van der Waals surface area contributed by atoms with Crippen LogP contribution >= 0.6 is 12.2 Å². The number of nitrogens with one attached hydrogen (secondary N) is 1. The first-order valence-corrected chi connectivity index (χ1v) is 21.9. The zero-order chi connectivity index (χ0) is 46.8. The molecule has 4 saturated heterocycles. The summed E-state index contributed by atoms with van der Waals surface area (Å²) in [6.45, 7) is 5.46. The first-order valence-electron chi connectivity index (χ1n) is 21.5. The number of carbonyl (C=O) groups excluding carboxylic acids is 6. The second-order valence-electron chi connectivity index (χ2n) is 17.5. The van der Waals surface area contributed by atoms with E-state index in [-0.39, 0.29) is 52.7 Å². The standard InChI is InChI=1S/C48H42F3N7O7S/c1-47(2)45(64)56(33-10-5-30(25-52)38(24-33)48(49,50)51)46(66)58(47)31-8-3-27(4-9-31)28-6-12-34(13-7-28)65-35-19-22-55(26-35)42(61)29-17-20-54(21-18-29)32-11-14-36-37(23-32)44(63)57(43(36)62)39-15-16-40(59)53-41(39)60/h3-14,23-24,29,35,39H,15-22,26H2,1-2H3,(H,53,59,60)/t35-,39?/m1/s1. The lowest BCUT2D eigenvalue weighted by Crippen LogP contribution is -2.54. The van der Waals surface area contributed by atoms with E-state index in [0.717, 1.165) is 38.7 Å². The molecule has 0 aromatic heterocycles. The van der Waals surface area contributed by atoms with Gasteiger partial charge in [0.15, 0.2) is 5.11 Å². The number of piperidine rings is 2. The topological polar surface area (TPSA) is 164 Å². The molecule has 5 aliphatic rings. The Morgan fingerprint density at radius 2 is 1.44 bits per heavy atom. The Bertz CT molecular complexity index is 2770. The number of halogens is 3. The van der Waals surface area contributed by atoms with Gasteiger partial charge in [-0.25, -0.2) is 0 Å². The van der Waals surface area contributed by atoms with Crippen molar-refractivity contribution in [2.24, 2.45) is 5.92 Å². The number of alkyl halides is 3. The maximum atomic E-state index is 13.8.